The summed E-state index contributed by atoms with van der Waals surface area (Å²) in [7, 11) is 3.22. The fraction of sp³-hybridized carbons (Fsp3) is 0.107. The molecule has 0 aliphatic heterocycles. The van der Waals surface area contributed by atoms with Gasteiger partial charge in [0.25, 0.3) is 0 Å². The number of phenols is 1. The van der Waals surface area contributed by atoms with Crippen molar-refractivity contribution in [3.8, 4) is 45.3 Å². The third-order valence-corrected chi connectivity index (χ3v) is 5.34. The largest absolute Gasteiger partial charge is 0.504 e. The highest BCUT2D eigenvalue weighted by atomic mass is 16.5. The maximum atomic E-state index is 10.6. The number of ether oxygens (including phenoxy) is 3. The normalized spacial score (nSPS) is 10.3. The van der Waals surface area contributed by atoms with E-state index in [0.717, 1.165) is 27.8 Å². The van der Waals surface area contributed by atoms with Gasteiger partial charge in [0, 0.05) is 11.1 Å². The first-order chi connectivity index (χ1) is 16.1. The van der Waals surface area contributed by atoms with E-state index < -0.39 is 0 Å². The van der Waals surface area contributed by atoms with Crippen LogP contribution >= 0.6 is 0 Å². The van der Waals surface area contributed by atoms with Crippen molar-refractivity contribution < 1.29 is 19.3 Å². The van der Waals surface area contributed by atoms with Crippen molar-refractivity contribution in [2.75, 3.05) is 14.2 Å². The molecule has 0 heterocycles. The molecule has 0 bridgehead atoms. The van der Waals surface area contributed by atoms with Crippen LogP contribution in [0.25, 0.3) is 27.1 Å². The zero-order chi connectivity index (χ0) is 23.2. The lowest BCUT2D eigenvalue weighted by Crippen LogP contribution is -1.96. The van der Waals surface area contributed by atoms with Crippen LogP contribution in [-0.2, 0) is 6.61 Å². The minimum absolute atomic E-state index is 0.0447. The quantitative estimate of drug-likeness (QED) is 0.321. The van der Waals surface area contributed by atoms with E-state index in [-0.39, 0.29) is 5.75 Å². The third kappa shape index (κ3) is 4.76. The Bertz CT molecular complexity index is 1290. The molecule has 0 aliphatic rings. The van der Waals surface area contributed by atoms with Crippen LogP contribution in [0.4, 0.5) is 5.69 Å². The predicted octanol–water partition coefficient (Wildman–Crippen LogP) is 6.87. The molecule has 33 heavy (non-hydrogen) atoms. The van der Waals surface area contributed by atoms with E-state index in [9.17, 15) is 5.11 Å². The minimum atomic E-state index is 0.0447. The lowest BCUT2D eigenvalue weighted by molar-refractivity contribution is 0.289. The molecule has 4 aromatic rings. The van der Waals surface area contributed by atoms with Crippen LogP contribution in [0.2, 0.25) is 0 Å². The zero-order valence-corrected chi connectivity index (χ0v) is 18.4. The Balaban J connectivity index is 1.66. The van der Waals surface area contributed by atoms with E-state index in [2.05, 4.69) is 4.85 Å². The highest BCUT2D eigenvalue weighted by molar-refractivity contribution is 5.82. The molecule has 0 amide bonds. The van der Waals surface area contributed by atoms with Crippen molar-refractivity contribution in [3.05, 3.63) is 102 Å². The van der Waals surface area contributed by atoms with Crippen LogP contribution in [0, 0.1) is 6.57 Å². The topological polar surface area (TPSA) is 52.3 Å². The minimum Gasteiger partial charge on any atom is -0.504 e. The Morgan fingerprint density at radius 1 is 0.727 bits per heavy atom. The number of rotatable bonds is 7. The molecule has 4 rings (SSSR count). The molecule has 5 nitrogen and oxygen atoms in total. The number of methoxy groups -OCH3 is 2. The summed E-state index contributed by atoms with van der Waals surface area (Å²) in [6, 6.07) is 26.2. The summed E-state index contributed by atoms with van der Waals surface area (Å²) in [5.74, 6) is 1.75. The van der Waals surface area contributed by atoms with Gasteiger partial charge in [0.15, 0.2) is 17.2 Å². The molecule has 5 heteroatoms. The number of phenolic OH excluding ortho intramolecular Hbond substituents is 1. The van der Waals surface area contributed by atoms with Crippen LogP contribution in [0.15, 0.2) is 84.9 Å². The standard InChI is InChI=1S/C28H23NO4/c1-29-22-12-9-20(10-13-22)23-16-28(32-3)24(17-27(23)31-2)21-11-14-26(25(30)15-21)33-18-19-7-5-4-6-8-19/h4-17,30H,18H2,2-3H3. The molecule has 1 N–H and O–H groups in total. The molecule has 4 aromatic carbocycles. The van der Waals surface area contributed by atoms with Gasteiger partial charge in [-0.25, -0.2) is 4.85 Å². The molecule has 0 aliphatic carbocycles. The van der Waals surface area contributed by atoms with Gasteiger partial charge in [-0.1, -0.05) is 60.7 Å². The smallest absolute Gasteiger partial charge is 0.187 e. The average Bonchev–Trinajstić information content (AvgIpc) is 2.87. The second-order valence-corrected chi connectivity index (χ2v) is 7.37. The van der Waals surface area contributed by atoms with E-state index in [0.29, 0.717) is 29.5 Å². The van der Waals surface area contributed by atoms with Crippen LogP contribution in [0.1, 0.15) is 5.56 Å². The van der Waals surface area contributed by atoms with Gasteiger partial charge in [-0.3, -0.25) is 0 Å². The maximum absolute atomic E-state index is 10.6. The van der Waals surface area contributed by atoms with E-state index in [1.165, 1.54) is 0 Å². The Morgan fingerprint density at radius 2 is 1.33 bits per heavy atom. The summed E-state index contributed by atoms with van der Waals surface area (Å²) in [5.41, 5.74) is 4.91. The Labute approximate surface area is 193 Å². The number of benzene rings is 4. The fourth-order valence-electron chi connectivity index (χ4n) is 3.61. The van der Waals surface area contributed by atoms with Crippen molar-refractivity contribution in [3.63, 3.8) is 0 Å². The van der Waals surface area contributed by atoms with Gasteiger partial charge < -0.3 is 19.3 Å². The monoisotopic (exact) mass is 437 g/mol. The molecule has 0 unspecified atom stereocenters. The molecule has 0 saturated carbocycles. The van der Waals surface area contributed by atoms with Crippen LogP contribution in [-0.4, -0.2) is 19.3 Å². The van der Waals surface area contributed by atoms with Crippen LogP contribution < -0.4 is 14.2 Å². The van der Waals surface area contributed by atoms with Gasteiger partial charge in [-0.15, -0.1) is 0 Å². The van der Waals surface area contributed by atoms with Gasteiger partial charge in [-0.05, 0) is 41.0 Å². The van der Waals surface area contributed by atoms with Crippen molar-refractivity contribution in [2.45, 2.75) is 6.61 Å². The summed E-state index contributed by atoms with van der Waals surface area (Å²) in [5, 5.41) is 10.6. The molecule has 0 atom stereocenters. The first-order valence-electron chi connectivity index (χ1n) is 10.4. The van der Waals surface area contributed by atoms with Gasteiger partial charge in [0.2, 0.25) is 0 Å². The molecule has 0 aromatic heterocycles. The van der Waals surface area contributed by atoms with E-state index >= 15 is 0 Å². The Morgan fingerprint density at radius 3 is 1.91 bits per heavy atom. The Kier molecular flexibility index (Phi) is 6.47. The number of hydrogen-bond acceptors (Lipinski definition) is 4. The van der Waals surface area contributed by atoms with E-state index in [4.69, 9.17) is 20.8 Å². The molecule has 0 fully saturated rings. The molecular weight excluding hydrogens is 414 g/mol. The van der Waals surface area contributed by atoms with Crippen molar-refractivity contribution in [2.24, 2.45) is 0 Å². The van der Waals surface area contributed by atoms with Crippen LogP contribution in [0.3, 0.4) is 0 Å². The van der Waals surface area contributed by atoms with Gasteiger partial charge in [0.05, 0.1) is 20.8 Å². The predicted molar refractivity (Wildman–Crippen MR) is 129 cm³/mol. The van der Waals surface area contributed by atoms with E-state index in [1.807, 2.05) is 60.7 Å². The highest BCUT2D eigenvalue weighted by Crippen LogP contribution is 2.43. The van der Waals surface area contributed by atoms with Gasteiger partial charge in [0.1, 0.15) is 18.1 Å². The highest BCUT2D eigenvalue weighted by Gasteiger charge is 2.16. The van der Waals surface area contributed by atoms with Crippen molar-refractivity contribution in [1.82, 2.24) is 0 Å². The molecule has 164 valence electrons. The van der Waals surface area contributed by atoms with Gasteiger partial charge in [-0.2, -0.15) is 0 Å². The second-order valence-electron chi connectivity index (χ2n) is 7.37. The van der Waals surface area contributed by atoms with Gasteiger partial charge >= 0.3 is 0 Å². The molecule has 0 spiro atoms. The number of hydrogen-bond donors (Lipinski definition) is 1. The third-order valence-electron chi connectivity index (χ3n) is 5.34. The zero-order valence-electron chi connectivity index (χ0n) is 18.4. The molecule has 0 radical (unpaired) electrons. The lowest BCUT2D eigenvalue weighted by Gasteiger charge is -2.16. The first kappa shape index (κ1) is 21.8. The van der Waals surface area contributed by atoms with E-state index in [1.54, 1.807) is 38.5 Å². The lowest BCUT2D eigenvalue weighted by atomic mass is 9.97. The van der Waals surface area contributed by atoms with Crippen molar-refractivity contribution >= 4 is 5.69 Å². The summed E-state index contributed by atoms with van der Waals surface area (Å²) in [6.07, 6.45) is 0. The average molecular weight is 437 g/mol. The molecular formula is C28H23NO4. The second kappa shape index (κ2) is 9.80. The number of nitrogens with zero attached hydrogens (tertiary/aromatic N) is 1. The SMILES string of the molecule is [C-]#[N+]c1ccc(-c2cc(OC)c(-c3ccc(OCc4ccccc4)c(O)c3)cc2OC)cc1. The summed E-state index contributed by atoms with van der Waals surface area (Å²) in [6.45, 7) is 7.50. The Hall–Kier alpha value is -4.43. The summed E-state index contributed by atoms with van der Waals surface area (Å²) < 4.78 is 17.1. The number of aromatic hydroxyl groups is 1. The fourth-order valence-corrected chi connectivity index (χ4v) is 3.61. The molecule has 0 saturated heterocycles. The maximum Gasteiger partial charge on any atom is 0.187 e. The van der Waals surface area contributed by atoms with Crippen LogP contribution in [0.5, 0.6) is 23.0 Å². The summed E-state index contributed by atoms with van der Waals surface area (Å²) in [4.78, 5) is 3.44. The first-order valence-corrected chi connectivity index (χ1v) is 10.4. The summed E-state index contributed by atoms with van der Waals surface area (Å²) >= 11 is 0. The van der Waals surface area contributed by atoms with Crippen molar-refractivity contribution in [1.29, 1.82) is 0 Å².